The Bertz CT molecular complexity index is 326. The molecule has 1 heterocycles. The van der Waals surface area contributed by atoms with Gasteiger partial charge in [0.1, 0.15) is 18.3 Å². The highest BCUT2D eigenvalue weighted by atomic mass is 16.7. The summed E-state index contributed by atoms with van der Waals surface area (Å²) >= 11 is 0. The van der Waals surface area contributed by atoms with E-state index in [-0.39, 0.29) is 24.6 Å². The number of aliphatic hydroxyl groups excluding tert-OH is 2. The maximum atomic E-state index is 10.2. The summed E-state index contributed by atoms with van der Waals surface area (Å²) in [7, 11) is 3.06. The first-order valence-electron chi connectivity index (χ1n) is 8.27. The summed E-state index contributed by atoms with van der Waals surface area (Å²) in [6.45, 7) is 7.57. The summed E-state index contributed by atoms with van der Waals surface area (Å²) in [6.07, 6.45) is -3.60. The molecule has 0 saturated carbocycles. The fourth-order valence-electron chi connectivity index (χ4n) is 2.78. The Morgan fingerprint density at radius 3 is 2.22 bits per heavy atom. The molecule has 0 amide bonds. The Morgan fingerprint density at radius 1 is 1.09 bits per heavy atom. The van der Waals surface area contributed by atoms with Crippen molar-refractivity contribution in [2.75, 3.05) is 14.2 Å². The van der Waals surface area contributed by atoms with Crippen LogP contribution in [0.1, 0.15) is 40.5 Å². The molecule has 0 aromatic rings. The first-order valence-corrected chi connectivity index (χ1v) is 8.27. The van der Waals surface area contributed by atoms with Gasteiger partial charge in [0.05, 0.1) is 18.3 Å². The molecule has 138 valence electrons. The minimum absolute atomic E-state index is 0.210. The highest BCUT2D eigenvalue weighted by molar-refractivity contribution is 4.90. The topological polar surface area (TPSA) is 86.6 Å². The zero-order valence-corrected chi connectivity index (χ0v) is 15.0. The van der Waals surface area contributed by atoms with Crippen LogP contribution in [0.15, 0.2) is 0 Å². The van der Waals surface area contributed by atoms with Gasteiger partial charge in [-0.15, -0.1) is 0 Å². The van der Waals surface area contributed by atoms with Crippen molar-refractivity contribution in [3.05, 3.63) is 0 Å². The van der Waals surface area contributed by atoms with Gasteiger partial charge in [-0.1, -0.05) is 13.8 Å². The number of hydrogen-bond donors (Lipinski definition) is 2. The summed E-state index contributed by atoms with van der Waals surface area (Å²) in [5.41, 5.74) is 0. The van der Waals surface area contributed by atoms with Crippen molar-refractivity contribution < 1.29 is 33.9 Å². The number of hydrogen-bond acceptors (Lipinski definition) is 7. The smallest absolute Gasteiger partial charge is 0.186 e. The van der Waals surface area contributed by atoms with Crippen LogP contribution in [0.2, 0.25) is 0 Å². The van der Waals surface area contributed by atoms with E-state index in [1.165, 1.54) is 7.11 Å². The van der Waals surface area contributed by atoms with E-state index in [0.717, 1.165) is 6.42 Å². The molecular weight excluding hydrogens is 304 g/mol. The Hall–Kier alpha value is -0.280. The molecule has 0 aliphatic carbocycles. The van der Waals surface area contributed by atoms with Crippen molar-refractivity contribution in [3.8, 4) is 0 Å². The molecule has 1 fully saturated rings. The maximum Gasteiger partial charge on any atom is 0.186 e. The molecule has 7 nitrogen and oxygen atoms in total. The zero-order valence-electron chi connectivity index (χ0n) is 15.0. The normalized spacial score (nSPS) is 35.7. The van der Waals surface area contributed by atoms with E-state index >= 15 is 0 Å². The Morgan fingerprint density at radius 2 is 1.74 bits per heavy atom. The van der Waals surface area contributed by atoms with E-state index in [1.54, 1.807) is 14.0 Å². The molecule has 2 N–H and O–H groups in total. The highest BCUT2D eigenvalue weighted by Gasteiger charge is 2.45. The number of ether oxygens (including phenoxy) is 5. The third-order valence-corrected chi connectivity index (χ3v) is 4.29. The van der Waals surface area contributed by atoms with Gasteiger partial charge in [0.15, 0.2) is 12.6 Å². The molecule has 1 aliphatic heterocycles. The molecule has 1 saturated heterocycles. The Kier molecular flexibility index (Phi) is 8.92. The van der Waals surface area contributed by atoms with Crippen molar-refractivity contribution in [1.29, 1.82) is 0 Å². The van der Waals surface area contributed by atoms with E-state index in [2.05, 4.69) is 0 Å². The van der Waals surface area contributed by atoms with Gasteiger partial charge < -0.3 is 33.9 Å². The van der Waals surface area contributed by atoms with Crippen LogP contribution in [0.3, 0.4) is 0 Å². The average molecular weight is 336 g/mol. The first kappa shape index (κ1) is 20.8. The van der Waals surface area contributed by atoms with Crippen molar-refractivity contribution >= 4 is 0 Å². The van der Waals surface area contributed by atoms with Crippen LogP contribution in [-0.4, -0.2) is 73.6 Å². The van der Waals surface area contributed by atoms with Gasteiger partial charge in [-0.25, -0.2) is 0 Å². The number of methoxy groups -OCH3 is 2. The Balaban J connectivity index is 2.70. The lowest BCUT2D eigenvalue weighted by Gasteiger charge is -2.43. The van der Waals surface area contributed by atoms with Crippen LogP contribution in [0.5, 0.6) is 0 Å². The van der Waals surface area contributed by atoms with Crippen LogP contribution in [-0.2, 0) is 23.7 Å². The van der Waals surface area contributed by atoms with E-state index < -0.39 is 24.6 Å². The standard InChI is InChI=1S/C16H32O7/c1-7-11(22-10(4)19-5)9(3)21-16-14(18)13(17)15(20-6)12(8-2)23-16/h9-18H,7-8H2,1-6H3. The van der Waals surface area contributed by atoms with Crippen LogP contribution >= 0.6 is 0 Å². The molecular formula is C16H32O7. The van der Waals surface area contributed by atoms with Crippen LogP contribution in [0.25, 0.3) is 0 Å². The molecule has 0 spiro atoms. The van der Waals surface area contributed by atoms with Gasteiger partial charge in [0, 0.05) is 14.2 Å². The molecule has 1 rings (SSSR count). The molecule has 0 aromatic heterocycles. The molecule has 1 aliphatic rings. The van der Waals surface area contributed by atoms with Crippen molar-refractivity contribution in [2.45, 2.75) is 89.7 Å². The van der Waals surface area contributed by atoms with Gasteiger partial charge in [0.25, 0.3) is 0 Å². The summed E-state index contributed by atoms with van der Waals surface area (Å²) in [5, 5.41) is 20.5. The Labute approximate surface area is 138 Å². The number of rotatable bonds is 9. The second-order valence-corrected chi connectivity index (χ2v) is 5.86. The van der Waals surface area contributed by atoms with Crippen LogP contribution < -0.4 is 0 Å². The molecule has 0 radical (unpaired) electrons. The molecule has 23 heavy (non-hydrogen) atoms. The molecule has 8 atom stereocenters. The van der Waals surface area contributed by atoms with Gasteiger partial charge >= 0.3 is 0 Å². The predicted molar refractivity (Wildman–Crippen MR) is 83.9 cm³/mol. The molecule has 8 unspecified atom stereocenters. The van der Waals surface area contributed by atoms with Gasteiger partial charge in [-0.05, 0) is 26.7 Å². The van der Waals surface area contributed by atoms with Gasteiger partial charge in [0.2, 0.25) is 0 Å². The molecule has 7 heteroatoms. The second-order valence-electron chi connectivity index (χ2n) is 5.86. The quantitative estimate of drug-likeness (QED) is 0.609. The summed E-state index contributed by atoms with van der Waals surface area (Å²) in [4.78, 5) is 0. The van der Waals surface area contributed by atoms with Crippen molar-refractivity contribution in [2.24, 2.45) is 0 Å². The van der Waals surface area contributed by atoms with Crippen molar-refractivity contribution in [3.63, 3.8) is 0 Å². The second kappa shape index (κ2) is 9.88. The van der Waals surface area contributed by atoms with E-state index in [0.29, 0.717) is 6.42 Å². The fraction of sp³-hybridized carbons (Fsp3) is 1.00. The SMILES string of the molecule is CCC(OC(C)OC)C(C)OC1OC(CC)C(OC)C(O)C1O. The molecule has 0 bridgehead atoms. The maximum absolute atomic E-state index is 10.2. The largest absolute Gasteiger partial charge is 0.387 e. The highest BCUT2D eigenvalue weighted by Crippen LogP contribution is 2.27. The number of aliphatic hydroxyl groups is 2. The van der Waals surface area contributed by atoms with Gasteiger partial charge in [-0.2, -0.15) is 0 Å². The minimum Gasteiger partial charge on any atom is -0.387 e. The first-order chi connectivity index (χ1) is 10.9. The van der Waals surface area contributed by atoms with Crippen molar-refractivity contribution in [1.82, 2.24) is 0 Å². The molecule has 0 aromatic carbocycles. The minimum atomic E-state index is -1.18. The van der Waals surface area contributed by atoms with Crippen LogP contribution in [0, 0.1) is 0 Å². The fourth-order valence-corrected chi connectivity index (χ4v) is 2.78. The average Bonchev–Trinajstić information content (AvgIpc) is 2.55. The lowest BCUT2D eigenvalue weighted by atomic mass is 9.97. The lowest BCUT2D eigenvalue weighted by molar-refractivity contribution is -0.319. The summed E-state index contributed by atoms with van der Waals surface area (Å²) in [5.74, 6) is 0. The third kappa shape index (κ3) is 5.35. The lowest BCUT2D eigenvalue weighted by Crippen LogP contribution is -2.59. The predicted octanol–water partition coefficient (Wildman–Crippen LogP) is 1.05. The van der Waals surface area contributed by atoms with Gasteiger partial charge in [-0.3, -0.25) is 0 Å². The summed E-state index contributed by atoms with van der Waals surface area (Å²) in [6, 6.07) is 0. The zero-order chi connectivity index (χ0) is 17.6. The van der Waals surface area contributed by atoms with E-state index in [9.17, 15) is 10.2 Å². The van der Waals surface area contributed by atoms with Crippen LogP contribution in [0.4, 0.5) is 0 Å². The third-order valence-electron chi connectivity index (χ3n) is 4.29. The summed E-state index contributed by atoms with van der Waals surface area (Å²) < 4.78 is 27.7. The van der Waals surface area contributed by atoms with E-state index in [1.807, 2.05) is 20.8 Å². The monoisotopic (exact) mass is 336 g/mol. The van der Waals surface area contributed by atoms with E-state index in [4.69, 9.17) is 23.7 Å².